The highest BCUT2D eigenvalue weighted by atomic mass is 15.3. The van der Waals surface area contributed by atoms with E-state index in [1.165, 1.54) is 38.8 Å². The predicted molar refractivity (Wildman–Crippen MR) is 75.6 cm³/mol. The predicted octanol–water partition coefficient (Wildman–Crippen LogP) is 2.63. The molecule has 2 saturated heterocycles. The summed E-state index contributed by atoms with van der Waals surface area (Å²) in [5, 5.41) is 0. The Morgan fingerprint density at radius 2 is 1.61 bits per heavy atom. The molecule has 0 saturated carbocycles. The molecule has 0 radical (unpaired) electrons. The van der Waals surface area contributed by atoms with E-state index >= 15 is 0 Å². The molecule has 2 aliphatic heterocycles. The normalized spacial score (nSPS) is 26.1. The molecular weight excluding hydrogens is 222 g/mol. The number of hydrogen-bond acceptors (Lipinski definition) is 2. The van der Waals surface area contributed by atoms with Crippen molar-refractivity contribution in [2.45, 2.75) is 57.5 Å². The van der Waals surface area contributed by atoms with Gasteiger partial charge in [-0.25, -0.2) is 6.57 Å². The quantitative estimate of drug-likeness (QED) is 0.697. The summed E-state index contributed by atoms with van der Waals surface area (Å²) >= 11 is 0. The smallest absolute Gasteiger partial charge is 0.232 e. The second kappa shape index (κ2) is 5.19. The van der Waals surface area contributed by atoms with Crippen LogP contribution in [0.25, 0.3) is 4.85 Å². The van der Waals surface area contributed by atoms with Crippen LogP contribution in [0.4, 0.5) is 0 Å². The van der Waals surface area contributed by atoms with Crippen LogP contribution in [0.15, 0.2) is 0 Å². The maximum absolute atomic E-state index is 7.29. The van der Waals surface area contributed by atoms with E-state index in [0.29, 0.717) is 6.54 Å². The van der Waals surface area contributed by atoms with Gasteiger partial charge < -0.3 is 4.85 Å². The van der Waals surface area contributed by atoms with Crippen LogP contribution in [0.3, 0.4) is 0 Å². The van der Waals surface area contributed by atoms with Gasteiger partial charge in [-0.3, -0.25) is 9.80 Å². The molecule has 0 bridgehead atoms. The van der Waals surface area contributed by atoms with Crippen LogP contribution in [0.1, 0.15) is 46.5 Å². The summed E-state index contributed by atoms with van der Waals surface area (Å²) in [7, 11) is 0. The lowest BCUT2D eigenvalue weighted by Crippen LogP contribution is -2.59. The van der Waals surface area contributed by atoms with Crippen molar-refractivity contribution in [2.75, 3.05) is 32.7 Å². The molecule has 2 heterocycles. The molecular formula is C15H27N3. The monoisotopic (exact) mass is 249 g/mol. The third-order valence-corrected chi connectivity index (χ3v) is 4.79. The summed E-state index contributed by atoms with van der Waals surface area (Å²) in [5.74, 6) is 0. The van der Waals surface area contributed by atoms with Crippen molar-refractivity contribution in [2.24, 2.45) is 0 Å². The summed E-state index contributed by atoms with van der Waals surface area (Å²) in [4.78, 5) is 8.94. The summed E-state index contributed by atoms with van der Waals surface area (Å²) < 4.78 is 0. The first-order valence-electron chi connectivity index (χ1n) is 7.31. The number of piperidine rings is 1. The van der Waals surface area contributed by atoms with E-state index in [0.717, 1.165) is 13.1 Å². The van der Waals surface area contributed by atoms with Gasteiger partial charge in [0.25, 0.3) is 0 Å². The zero-order chi connectivity index (χ0) is 13.2. The van der Waals surface area contributed by atoms with Gasteiger partial charge in [-0.15, -0.1) is 0 Å². The molecule has 102 valence electrons. The van der Waals surface area contributed by atoms with Crippen molar-refractivity contribution in [1.29, 1.82) is 0 Å². The highest BCUT2D eigenvalue weighted by Gasteiger charge is 2.44. The largest absolute Gasteiger partial charge is 0.315 e. The van der Waals surface area contributed by atoms with Crippen molar-refractivity contribution in [3.8, 4) is 0 Å². The number of hydrogen-bond donors (Lipinski definition) is 0. The number of rotatable bonds is 2. The summed E-state index contributed by atoms with van der Waals surface area (Å²) in [6, 6.07) is 0. The molecule has 3 heteroatoms. The summed E-state index contributed by atoms with van der Waals surface area (Å²) in [6.07, 6.45) is 4.99. The average Bonchev–Trinajstić information content (AvgIpc) is 2.82. The summed E-state index contributed by atoms with van der Waals surface area (Å²) in [5.41, 5.74) is 0.468. The Labute approximate surface area is 112 Å². The lowest BCUT2D eigenvalue weighted by atomic mass is 9.84. The van der Waals surface area contributed by atoms with E-state index in [1.54, 1.807) is 0 Å². The van der Waals surface area contributed by atoms with Crippen LogP contribution in [0, 0.1) is 6.57 Å². The van der Waals surface area contributed by atoms with Gasteiger partial charge in [0.1, 0.15) is 0 Å². The van der Waals surface area contributed by atoms with Gasteiger partial charge in [-0.05, 0) is 59.5 Å². The van der Waals surface area contributed by atoms with E-state index in [2.05, 4.69) is 35.4 Å². The van der Waals surface area contributed by atoms with Gasteiger partial charge >= 0.3 is 0 Å². The van der Waals surface area contributed by atoms with Crippen LogP contribution < -0.4 is 0 Å². The van der Waals surface area contributed by atoms with Gasteiger partial charge in [0, 0.05) is 18.6 Å². The third-order valence-electron chi connectivity index (χ3n) is 4.79. The van der Waals surface area contributed by atoms with E-state index in [9.17, 15) is 0 Å². The Morgan fingerprint density at radius 1 is 1.06 bits per heavy atom. The van der Waals surface area contributed by atoms with Crippen molar-refractivity contribution in [3.63, 3.8) is 0 Å². The molecule has 2 aliphatic rings. The van der Waals surface area contributed by atoms with Crippen molar-refractivity contribution >= 4 is 0 Å². The Bertz CT molecular complexity index is 310. The molecule has 0 aromatic carbocycles. The van der Waals surface area contributed by atoms with E-state index in [4.69, 9.17) is 6.57 Å². The Balaban J connectivity index is 2.04. The first-order chi connectivity index (χ1) is 8.48. The van der Waals surface area contributed by atoms with E-state index in [-0.39, 0.29) is 11.1 Å². The number of nitrogens with zero attached hydrogens (tertiary/aromatic N) is 3. The van der Waals surface area contributed by atoms with Gasteiger partial charge in [-0.2, -0.15) is 0 Å². The second-order valence-electron chi connectivity index (χ2n) is 6.89. The van der Waals surface area contributed by atoms with Gasteiger partial charge in [0.05, 0.1) is 5.54 Å². The zero-order valence-corrected chi connectivity index (χ0v) is 12.2. The highest BCUT2D eigenvalue weighted by Crippen LogP contribution is 2.34. The molecule has 3 nitrogen and oxygen atoms in total. The fourth-order valence-corrected chi connectivity index (χ4v) is 3.51. The SMILES string of the molecule is [C-]#[N+]CC1(N2CCCC2)CCN(C(C)(C)C)CC1. The average molecular weight is 249 g/mol. The fourth-order valence-electron chi connectivity index (χ4n) is 3.51. The minimum absolute atomic E-state index is 0.194. The van der Waals surface area contributed by atoms with Gasteiger partial charge in [-0.1, -0.05) is 0 Å². The van der Waals surface area contributed by atoms with Crippen LogP contribution >= 0.6 is 0 Å². The van der Waals surface area contributed by atoms with Crippen LogP contribution in [0.5, 0.6) is 0 Å². The molecule has 0 aromatic heterocycles. The maximum Gasteiger partial charge on any atom is 0.232 e. The fraction of sp³-hybridized carbons (Fsp3) is 0.933. The molecule has 0 N–H and O–H groups in total. The third kappa shape index (κ3) is 2.70. The van der Waals surface area contributed by atoms with Crippen molar-refractivity contribution < 1.29 is 0 Å². The first-order valence-corrected chi connectivity index (χ1v) is 7.31. The minimum Gasteiger partial charge on any atom is -0.315 e. The molecule has 0 aliphatic carbocycles. The Hall–Kier alpha value is -0.590. The van der Waals surface area contributed by atoms with E-state index < -0.39 is 0 Å². The highest BCUT2D eigenvalue weighted by molar-refractivity contribution is 5.02. The van der Waals surface area contributed by atoms with E-state index in [1.807, 2.05) is 0 Å². The molecule has 18 heavy (non-hydrogen) atoms. The van der Waals surface area contributed by atoms with Crippen LogP contribution in [0.2, 0.25) is 0 Å². The lowest BCUT2D eigenvalue weighted by molar-refractivity contribution is 0.0138. The molecule has 0 atom stereocenters. The zero-order valence-electron chi connectivity index (χ0n) is 12.2. The Morgan fingerprint density at radius 3 is 2.06 bits per heavy atom. The standard InChI is InChI=1S/C15H27N3/c1-14(2,3)17-11-7-15(8-12-17,13-16-4)18-9-5-6-10-18/h5-13H2,1-3H3. The summed E-state index contributed by atoms with van der Waals surface area (Å²) in [6.45, 7) is 19.6. The van der Waals surface area contributed by atoms with Gasteiger partial charge in [0.15, 0.2) is 0 Å². The van der Waals surface area contributed by atoms with Crippen molar-refractivity contribution in [3.05, 3.63) is 11.4 Å². The second-order valence-corrected chi connectivity index (χ2v) is 6.89. The van der Waals surface area contributed by atoms with Crippen LogP contribution in [-0.4, -0.2) is 53.6 Å². The topological polar surface area (TPSA) is 10.8 Å². The molecule has 0 amide bonds. The molecule has 0 aromatic rings. The molecule has 2 rings (SSSR count). The van der Waals surface area contributed by atoms with Crippen LogP contribution in [-0.2, 0) is 0 Å². The van der Waals surface area contributed by atoms with Crippen molar-refractivity contribution in [1.82, 2.24) is 9.80 Å². The number of likely N-dealkylation sites (tertiary alicyclic amines) is 2. The molecule has 0 unspecified atom stereocenters. The molecule has 2 fully saturated rings. The first kappa shape index (κ1) is 13.8. The Kier molecular flexibility index (Phi) is 3.99. The lowest BCUT2D eigenvalue weighted by Gasteiger charge is -2.48. The van der Waals surface area contributed by atoms with Gasteiger partial charge in [0.2, 0.25) is 6.54 Å². The molecule has 0 spiro atoms. The maximum atomic E-state index is 7.29. The minimum atomic E-state index is 0.194.